The standard InChI is InChI=1S/C22H16Cl2N2O/c23-19-10-9-18(13-20(19)24)26-22(17-7-2-1-3-8-17)21(27)12-15-5-4-6-16(11-15)14-25/h1-11,13,22,26H,12H2. The lowest BCUT2D eigenvalue weighted by atomic mass is 9.96. The molecule has 3 rings (SSSR count). The number of benzene rings is 3. The molecule has 0 spiro atoms. The molecule has 0 amide bonds. The van der Waals surface area contributed by atoms with E-state index in [0.717, 1.165) is 11.1 Å². The second-order valence-corrected chi connectivity index (χ2v) is 6.89. The molecule has 0 bridgehead atoms. The van der Waals surface area contributed by atoms with Crippen molar-refractivity contribution in [3.05, 3.63) is 99.5 Å². The van der Waals surface area contributed by atoms with Gasteiger partial charge in [-0.2, -0.15) is 5.26 Å². The molecule has 3 aromatic carbocycles. The predicted molar refractivity (Wildman–Crippen MR) is 109 cm³/mol. The molecule has 1 atom stereocenters. The quantitative estimate of drug-likeness (QED) is 0.571. The summed E-state index contributed by atoms with van der Waals surface area (Å²) < 4.78 is 0. The van der Waals surface area contributed by atoms with Crippen LogP contribution in [0.2, 0.25) is 10.0 Å². The molecule has 0 saturated heterocycles. The summed E-state index contributed by atoms with van der Waals surface area (Å²) in [6.45, 7) is 0. The topological polar surface area (TPSA) is 52.9 Å². The number of rotatable bonds is 6. The van der Waals surface area contributed by atoms with Crippen molar-refractivity contribution >= 4 is 34.7 Å². The summed E-state index contributed by atoms with van der Waals surface area (Å²) in [5, 5.41) is 13.2. The second-order valence-electron chi connectivity index (χ2n) is 6.07. The Morgan fingerprint density at radius 2 is 1.74 bits per heavy atom. The molecular weight excluding hydrogens is 379 g/mol. The molecule has 1 unspecified atom stereocenters. The Morgan fingerprint density at radius 3 is 2.44 bits per heavy atom. The van der Waals surface area contributed by atoms with E-state index >= 15 is 0 Å². The van der Waals surface area contributed by atoms with Crippen LogP contribution in [-0.2, 0) is 11.2 Å². The summed E-state index contributed by atoms with van der Waals surface area (Å²) in [7, 11) is 0. The Kier molecular flexibility index (Phi) is 6.13. The normalized spacial score (nSPS) is 11.4. The van der Waals surface area contributed by atoms with Crippen LogP contribution in [0.15, 0.2) is 72.8 Å². The molecule has 0 aromatic heterocycles. The average Bonchev–Trinajstić information content (AvgIpc) is 2.69. The minimum atomic E-state index is -0.547. The lowest BCUT2D eigenvalue weighted by Crippen LogP contribution is -2.22. The first-order valence-electron chi connectivity index (χ1n) is 8.35. The van der Waals surface area contributed by atoms with E-state index in [-0.39, 0.29) is 12.2 Å². The molecule has 0 saturated carbocycles. The number of Topliss-reactive ketones (excluding diaryl/α,β-unsaturated/α-hetero) is 1. The molecule has 3 nitrogen and oxygen atoms in total. The minimum absolute atomic E-state index is 0.0117. The van der Waals surface area contributed by atoms with Crippen LogP contribution < -0.4 is 5.32 Å². The summed E-state index contributed by atoms with van der Waals surface area (Å²) in [4.78, 5) is 13.1. The summed E-state index contributed by atoms with van der Waals surface area (Å²) in [5.41, 5.74) is 2.90. The zero-order chi connectivity index (χ0) is 19.2. The van der Waals surface area contributed by atoms with Gasteiger partial charge >= 0.3 is 0 Å². The Balaban J connectivity index is 1.88. The maximum absolute atomic E-state index is 13.1. The van der Waals surface area contributed by atoms with Crippen molar-refractivity contribution in [2.24, 2.45) is 0 Å². The molecule has 0 aliphatic rings. The molecule has 3 aromatic rings. The van der Waals surface area contributed by atoms with Crippen LogP contribution in [0.5, 0.6) is 0 Å². The van der Waals surface area contributed by atoms with E-state index in [1.54, 1.807) is 36.4 Å². The largest absolute Gasteiger partial charge is 0.372 e. The van der Waals surface area contributed by atoms with E-state index in [0.29, 0.717) is 21.3 Å². The monoisotopic (exact) mass is 394 g/mol. The van der Waals surface area contributed by atoms with Gasteiger partial charge in [0.25, 0.3) is 0 Å². The van der Waals surface area contributed by atoms with Crippen LogP contribution in [-0.4, -0.2) is 5.78 Å². The lowest BCUT2D eigenvalue weighted by molar-refractivity contribution is -0.119. The number of nitrogens with zero attached hydrogens (tertiary/aromatic N) is 1. The molecule has 1 N–H and O–H groups in total. The van der Waals surface area contributed by atoms with Gasteiger partial charge in [-0.1, -0.05) is 65.7 Å². The van der Waals surface area contributed by atoms with Crippen molar-refractivity contribution in [3.63, 3.8) is 0 Å². The highest BCUT2D eigenvalue weighted by atomic mass is 35.5. The van der Waals surface area contributed by atoms with Crippen LogP contribution >= 0.6 is 23.2 Å². The highest BCUT2D eigenvalue weighted by Crippen LogP contribution is 2.28. The smallest absolute Gasteiger partial charge is 0.163 e. The molecule has 0 aliphatic heterocycles. The van der Waals surface area contributed by atoms with Gasteiger partial charge in [-0.15, -0.1) is 0 Å². The molecule has 0 aliphatic carbocycles. The maximum Gasteiger partial charge on any atom is 0.163 e. The predicted octanol–water partition coefficient (Wildman–Crippen LogP) is 5.83. The molecule has 0 radical (unpaired) electrons. The van der Waals surface area contributed by atoms with Gasteiger partial charge in [0.2, 0.25) is 0 Å². The van der Waals surface area contributed by atoms with Crippen LogP contribution in [0.25, 0.3) is 0 Å². The van der Waals surface area contributed by atoms with E-state index in [1.807, 2.05) is 36.4 Å². The van der Waals surface area contributed by atoms with E-state index < -0.39 is 6.04 Å². The first kappa shape index (κ1) is 19.0. The Labute approximate surface area is 168 Å². The van der Waals surface area contributed by atoms with Gasteiger partial charge < -0.3 is 5.32 Å². The van der Waals surface area contributed by atoms with Crippen LogP contribution in [0.4, 0.5) is 5.69 Å². The number of nitrogens with one attached hydrogen (secondary N) is 1. The number of anilines is 1. The third kappa shape index (κ3) is 4.89. The number of carbonyl (C=O) groups excluding carboxylic acids is 1. The fourth-order valence-corrected chi connectivity index (χ4v) is 3.10. The molecule has 134 valence electrons. The van der Waals surface area contributed by atoms with Crippen LogP contribution in [0, 0.1) is 11.3 Å². The highest BCUT2D eigenvalue weighted by molar-refractivity contribution is 6.42. The van der Waals surface area contributed by atoms with Gasteiger partial charge in [-0.05, 0) is 41.5 Å². The number of carbonyl (C=O) groups is 1. The number of halogens is 2. The average molecular weight is 395 g/mol. The molecular formula is C22H16Cl2N2O. The Morgan fingerprint density at radius 1 is 0.963 bits per heavy atom. The number of hydrogen-bond donors (Lipinski definition) is 1. The third-order valence-electron chi connectivity index (χ3n) is 4.12. The maximum atomic E-state index is 13.1. The molecule has 0 heterocycles. The van der Waals surface area contributed by atoms with Gasteiger partial charge in [0.1, 0.15) is 6.04 Å². The van der Waals surface area contributed by atoms with Crippen molar-refractivity contribution in [1.29, 1.82) is 5.26 Å². The van der Waals surface area contributed by atoms with E-state index in [9.17, 15) is 4.79 Å². The number of hydrogen-bond acceptors (Lipinski definition) is 3. The van der Waals surface area contributed by atoms with Gasteiger partial charge in [-0.25, -0.2) is 0 Å². The van der Waals surface area contributed by atoms with Gasteiger partial charge in [-0.3, -0.25) is 4.79 Å². The fraction of sp³-hybridized carbons (Fsp3) is 0.0909. The van der Waals surface area contributed by atoms with Crippen LogP contribution in [0.3, 0.4) is 0 Å². The summed E-state index contributed by atoms with van der Waals surface area (Å²) in [6, 6.07) is 23.3. The summed E-state index contributed by atoms with van der Waals surface area (Å²) in [6.07, 6.45) is 0.212. The molecule has 0 fully saturated rings. The summed E-state index contributed by atoms with van der Waals surface area (Å²) >= 11 is 12.1. The summed E-state index contributed by atoms with van der Waals surface area (Å²) in [5.74, 6) is -0.0117. The minimum Gasteiger partial charge on any atom is -0.372 e. The SMILES string of the molecule is N#Cc1cccc(CC(=O)C(Nc2ccc(Cl)c(Cl)c2)c2ccccc2)c1. The first-order chi connectivity index (χ1) is 13.1. The van der Waals surface area contributed by atoms with Crippen LogP contribution in [0.1, 0.15) is 22.7 Å². The van der Waals surface area contributed by atoms with E-state index in [1.165, 1.54) is 0 Å². The second kappa shape index (κ2) is 8.73. The highest BCUT2D eigenvalue weighted by Gasteiger charge is 2.21. The van der Waals surface area contributed by atoms with Gasteiger partial charge in [0.05, 0.1) is 21.7 Å². The van der Waals surface area contributed by atoms with Gasteiger partial charge in [0, 0.05) is 12.1 Å². The van der Waals surface area contributed by atoms with E-state index in [2.05, 4.69) is 11.4 Å². The Bertz CT molecular complexity index is 997. The third-order valence-corrected chi connectivity index (χ3v) is 4.86. The van der Waals surface area contributed by atoms with Crippen molar-refractivity contribution in [3.8, 4) is 6.07 Å². The number of nitriles is 1. The van der Waals surface area contributed by atoms with E-state index in [4.69, 9.17) is 28.5 Å². The zero-order valence-electron chi connectivity index (χ0n) is 14.3. The number of ketones is 1. The zero-order valence-corrected chi connectivity index (χ0v) is 15.8. The first-order valence-corrected chi connectivity index (χ1v) is 9.10. The molecule has 5 heteroatoms. The van der Waals surface area contributed by atoms with Gasteiger partial charge in [0.15, 0.2) is 5.78 Å². The fourth-order valence-electron chi connectivity index (χ4n) is 2.80. The lowest BCUT2D eigenvalue weighted by Gasteiger charge is -2.20. The van der Waals surface area contributed by atoms with Crippen molar-refractivity contribution in [2.45, 2.75) is 12.5 Å². The Hall–Kier alpha value is -2.80. The van der Waals surface area contributed by atoms with Crippen molar-refractivity contribution in [1.82, 2.24) is 0 Å². The molecule has 27 heavy (non-hydrogen) atoms. The van der Waals surface area contributed by atoms with Crippen molar-refractivity contribution < 1.29 is 4.79 Å². The van der Waals surface area contributed by atoms with Crippen molar-refractivity contribution in [2.75, 3.05) is 5.32 Å².